The molecule has 0 aliphatic heterocycles. The predicted molar refractivity (Wildman–Crippen MR) is 67.9 cm³/mol. The standard InChI is InChI=1S/C12H17Cl2N/c1-3-6-15-9(2)7-10-4-5-11(13)8-12(10)14/h4-5,8-9,15H,3,6-7H2,1-2H3. The third kappa shape index (κ3) is 4.42. The molecule has 0 saturated carbocycles. The summed E-state index contributed by atoms with van der Waals surface area (Å²) in [4.78, 5) is 0. The first-order chi connectivity index (χ1) is 7.13. The van der Waals surface area contributed by atoms with Gasteiger partial charge in [-0.3, -0.25) is 0 Å². The summed E-state index contributed by atoms with van der Waals surface area (Å²) in [5.74, 6) is 0. The maximum absolute atomic E-state index is 6.10. The molecule has 0 spiro atoms. The van der Waals surface area contributed by atoms with Crippen LogP contribution in [0.1, 0.15) is 25.8 Å². The summed E-state index contributed by atoms with van der Waals surface area (Å²) in [5, 5.41) is 4.88. The van der Waals surface area contributed by atoms with Crippen LogP contribution in [0.5, 0.6) is 0 Å². The fourth-order valence-corrected chi connectivity index (χ4v) is 1.97. The van der Waals surface area contributed by atoms with Gasteiger partial charge in [0.2, 0.25) is 0 Å². The number of hydrogen-bond acceptors (Lipinski definition) is 1. The van der Waals surface area contributed by atoms with Gasteiger partial charge < -0.3 is 5.32 Å². The Labute approximate surface area is 102 Å². The van der Waals surface area contributed by atoms with Crippen molar-refractivity contribution in [3.05, 3.63) is 33.8 Å². The van der Waals surface area contributed by atoms with Gasteiger partial charge in [0.25, 0.3) is 0 Å². The smallest absolute Gasteiger partial charge is 0.0453 e. The van der Waals surface area contributed by atoms with Crippen LogP contribution in [0, 0.1) is 0 Å². The molecule has 0 bridgehead atoms. The van der Waals surface area contributed by atoms with Crippen molar-refractivity contribution >= 4 is 23.2 Å². The number of hydrogen-bond donors (Lipinski definition) is 1. The van der Waals surface area contributed by atoms with Crippen LogP contribution in [-0.4, -0.2) is 12.6 Å². The molecule has 0 saturated heterocycles. The van der Waals surface area contributed by atoms with E-state index in [1.165, 1.54) is 0 Å². The summed E-state index contributed by atoms with van der Waals surface area (Å²) in [6.45, 7) is 5.38. The summed E-state index contributed by atoms with van der Waals surface area (Å²) in [5.41, 5.74) is 1.15. The molecule has 0 aliphatic rings. The molecule has 0 heterocycles. The molecule has 0 radical (unpaired) electrons. The number of rotatable bonds is 5. The van der Waals surface area contributed by atoms with Crippen molar-refractivity contribution in [1.29, 1.82) is 0 Å². The Morgan fingerprint density at radius 1 is 1.33 bits per heavy atom. The second kappa shape index (κ2) is 6.37. The van der Waals surface area contributed by atoms with Crippen LogP contribution in [0.3, 0.4) is 0 Å². The van der Waals surface area contributed by atoms with Gasteiger partial charge in [-0.05, 0) is 44.0 Å². The zero-order valence-corrected chi connectivity index (χ0v) is 10.7. The highest BCUT2D eigenvalue weighted by atomic mass is 35.5. The summed E-state index contributed by atoms with van der Waals surface area (Å²) >= 11 is 11.9. The highest BCUT2D eigenvalue weighted by Gasteiger charge is 2.06. The van der Waals surface area contributed by atoms with Crippen LogP contribution < -0.4 is 5.32 Å². The molecule has 1 nitrogen and oxygen atoms in total. The van der Waals surface area contributed by atoms with E-state index in [0.717, 1.165) is 30.0 Å². The normalized spacial score (nSPS) is 12.8. The lowest BCUT2D eigenvalue weighted by atomic mass is 10.1. The molecule has 0 amide bonds. The first-order valence-electron chi connectivity index (χ1n) is 5.30. The molecule has 1 unspecified atom stereocenters. The van der Waals surface area contributed by atoms with Gasteiger partial charge in [0, 0.05) is 16.1 Å². The molecule has 84 valence electrons. The van der Waals surface area contributed by atoms with E-state index in [1.807, 2.05) is 12.1 Å². The molecular weight excluding hydrogens is 229 g/mol. The van der Waals surface area contributed by atoms with Crippen LogP contribution in [-0.2, 0) is 6.42 Å². The topological polar surface area (TPSA) is 12.0 Å². The van der Waals surface area contributed by atoms with Crippen molar-refractivity contribution in [2.45, 2.75) is 32.7 Å². The maximum Gasteiger partial charge on any atom is 0.0453 e. The minimum atomic E-state index is 0.448. The lowest BCUT2D eigenvalue weighted by Gasteiger charge is -2.14. The van der Waals surface area contributed by atoms with Crippen molar-refractivity contribution < 1.29 is 0 Å². The Hall–Kier alpha value is -0.240. The van der Waals surface area contributed by atoms with Gasteiger partial charge in [0.15, 0.2) is 0 Å². The molecule has 1 rings (SSSR count). The van der Waals surface area contributed by atoms with E-state index in [4.69, 9.17) is 23.2 Å². The van der Waals surface area contributed by atoms with Gasteiger partial charge in [0.05, 0.1) is 0 Å². The van der Waals surface area contributed by atoms with Gasteiger partial charge in [-0.1, -0.05) is 36.2 Å². The fraction of sp³-hybridized carbons (Fsp3) is 0.500. The second-order valence-electron chi connectivity index (χ2n) is 3.80. The lowest BCUT2D eigenvalue weighted by Crippen LogP contribution is -2.28. The van der Waals surface area contributed by atoms with Gasteiger partial charge in [-0.25, -0.2) is 0 Å². The van der Waals surface area contributed by atoms with Gasteiger partial charge in [-0.15, -0.1) is 0 Å². The number of benzene rings is 1. The highest BCUT2D eigenvalue weighted by Crippen LogP contribution is 2.21. The third-order valence-corrected chi connectivity index (χ3v) is 2.87. The highest BCUT2D eigenvalue weighted by molar-refractivity contribution is 6.35. The van der Waals surface area contributed by atoms with Crippen LogP contribution >= 0.6 is 23.2 Å². The second-order valence-corrected chi connectivity index (χ2v) is 4.64. The molecule has 0 aromatic heterocycles. The van der Waals surface area contributed by atoms with Crippen molar-refractivity contribution in [2.24, 2.45) is 0 Å². The van der Waals surface area contributed by atoms with E-state index in [2.05, 4.69) is 19.2 Å². The summed E-state index contributed by atoms with van der Waals surface area (Å²) in [6.07, 6.45) is 2.09. The predicted octanol–water partition coefficient (Wildman–Crippen LogP) is 3.92. The molecule has 1 aromatic rings. The number of halogens is 2. The molecule has 1 atom stereocenters. The lowest BCUT2D eigenvalue weighted by molar-refractivity contribution is 0.543. The largest absolute Gasteiger partial charge is 0.314 e. The molecule has 0 aliphatic carbocycles. The van der Waals surface area contributed by atoms with Gasteiger partial charge in [-0.2, -0.15) is 0 Å². The Kier molecular flexibility index (Phi) is 5.44. The van der Waals surface area contributed by atoms with E-state index in [1.54, 1.807) is 6.07 Å². The first-order valence-corrected chi connectivity index (χ1v) is 6.06. The van der Waals surface area contributed by atoms with Crippen LogP contribution in [0.2, 0.25) is 10.0 Å². The fourth-order valence-electron chi connectivity index (χ4n) is 1.48. The van der Waals surface area contributed by atoms with Crippen LogP contribution in [0.4, 0.5) is 0 Å². The monoisotopic (exact) mass is 245 g/mol. The average Bonchev–Trinajstić information content (AvgIpc) is 2.19. The zero-order chi connectivity index (χ0) is 11.3. The molecule has 15 heavy (non-hydrogen) atoms. The van der Waals surface area contributed by atoms with Gasteiger partial charge >= 0.3 is 0 Å². The molecule has 1 aromatic carbocycles. The maximum atomic E-state index is 6.10. The quantitative estimate of drug-likeness (QED) is 0.830. The molecule has 0 fully saturated rings. The first kappa shape index (κ1) is 12.8. The third-order valence-electron chi connectivity index (χ3n) is 2.28. The zero-order valence-electron chi connectivity index (χ0n) is 9.19. The van der Waals surface area contributed by atoms with Crippen LogP contribution in [0.25, 0.3) is 0 Å². The Morgan fingerprint density at radius 2 is 2.07 bits per heavy atom. The SMILES string of the molecule is CCCNC(C)Cc1ccc(Cl)cc1Cl. The molecule has 1 N–H and O–H groups in total. The summed E-state index contributed by atoms with van der Waals surface area (Å²) in [6, 6.07) is 6.12. The van der Waals surface area contributed by atoms with E-state index >= 15 is 0 Å². The average molecular weight is 246 g/mol. The minimum absolute atomic E-state index is 0.448. The van der Waals surface area contributed by atoms with Crippen LogP contribution in [0.15, 0.2) is 18.2 Å². The summed E-state index contributed by atoms with van der Waals surface area (Å²) in [7, 11) is 0. The Morgan fingerprint density at radius 3 is 2.67 bits per heavy atom. The van der Waals surface area contributed by atoms with Crippen molar-refractivity contribution in [1.82, 2.24) is 5.32 Å². The minimum Gasteiger partial charge on any atom is -0.314 e. The molecular formula is C12H17Cl2N. The summed E-state index contributed by atoms with van der Waals surface area (Å²) < 4.78 is 0. The number of nitrogens with one attached hydrogen (secondary N) is 1. The van der Waals surface area contributed by atoms with E-state index in [0.29, 0.717) is 11.1 Å². The van der Waals surface area contributed by atoms with E-state index < -0.39 is 0 Å². The van der Waals surface area contributed by atoms with E-state index in [9.17, 15) is 0 Å². The Bertz CT molecular complexity index is 312. The van der Waals surface area contributed by atoms with Crippen molar-refractivity contribution in [3.8, 4) is 0 Å². The van der Waals surface area contributed by atoms with Gasteiger partial charge in [0.1, 0.15) is 0 Å². The molecule has 3 heteroatoms. The Balaban J connectivity index is 2.56. The van der Waals surface area contributed by atoms with Crippen molar-refractivity contribution in [2.75, 3.05) is 6.54 Å². The van der Waals surface area contributed by atoms with E-state index in [-0.39, 0.29) is 0 Å². The van der Waals surface area contributed by atoms with Crippen molar-refractivity contribution in [3.63, 3.8) is 0 Å².